The summed E-state index contributed by atoms with van der Waals surface area (Å²) in [5, 5.41) is 2.90. The molecular weight excluding hydrogens is 372 g/mol. The lowest BCUT2D eigenvalue weighted by Gasteiger charge is -2.42. The van der Waals surface area contributed by atoms with E-state index in [0.717, 1.165) is 5.56 Å². The van der Waals surface area contributed by atoms with Crippen LogP contribution in [-0.4, -0.2) is 49.0 Å². The first-order valence-electron chi connectivity index (χ1n) is 9.76. The standard InChI is InChI=1S/C22H24N2O5/c25-20(23-18-9-5-2-6-10-18)19-15-24(12-11-22(19)28-13-14-29-22)21(26)27-16-17-7-3-1-4-8-17/h1-10,19H,11-16H2,(H,23,25). The zero-order valence-corrected chi connectivity index (χ0v) is 16.1. The highest BCUT2D eigenvalue weighted by molar-refractivity contribution is 5.93. The number of ether oxygens (including phenoxy) is 3. The SMILES string of the molecule is O=C(Nc1ccccc1)C1CN(C(=O)OCc2ccccc2)CCC12OCCO2. The van der Waals surface area contributed by atoms with Gasteiger partial charge in [0.05, 0.1) is 13.2 Å². The van der Waals surface area contributed by atoms with Gasteiger partial charge in [-0.3, -0.25) is 4.79 Å². The second-order valence-electron chi connectivity index (χ2n) is 7.15. The van der Waals surface area contributed by atoms with Gasteiger partial charge < -0.3 is 24.4 Å². The topological polar surface area (TPSA) is 77.1 Å². The van der Waals surface area contributed by atoms with Crippen LogP contribution in [0.3, 0.4) is 0 Å². The van der Waals surface area contributed by atoms with E-state index in [2.05, 4.69) is 5.32 Å². The highest BCUT2D eigenvalue weighted by atomic mass is 16.7. The summed E-state index contributed by atoms with van der Waals surface area (Å²) < 4.78 is 17.1. The zero-order chi connectivity index (χ0) is 20.1. The Hall–Kier alpha value is -2.90. The quantitative estimate of drug-likeness (QED) is 0.860. The maximum absolute atomic E-state index is 13.0. The highest BCUT2D eigenvalue weighted by Crippen LogP contribution is 2.37. The molecule has 29 heavy (non-hydrogen) atoms. The van der Waals surface area contributed by atoms with Gasteiger partial charge in [-0.25, -0.2) is 4.79 Å². The molecule has 2 fully saturated rings. The summed E-state index contributed by atoms with van der Waals surface area (Å²) in [7, 11) is 0. The Morgan fingerprint density at radius 3 is 2.38 bits per heavy atom. The average Bonchev–Trinajstić information content (AvgIpc) is 3.22. The number of nitrogens with one attached hydrogen (secondary N) is 1. The van der Waals surface area contributed by atoms with Gasteiger partial charge in [0.2, 0.25) is 5.91 Å². The molecule has 1 atom stereocenters. The number of hydrogen-bond donors (Lipinski definition) is 1. The minimum atomic E-state index is -0.991. The molecule has 2 heterocycles. The third kappa shape index (κ3) is 4.41. The molecule has 2 aromatic carbocycles. The predicted octanol–water partition coefficient (Wildman–Crippen LogP) is 3.03. The number of carbonyl (C=O) groups is 2. The third-order valence-electron chi connectivity index (χ3n) is 5.26. The second-order valence-corrected chi connectivity index (χ2v) is 7.15. The molecule has 2 aliphatic rings. The number of para-hydroxylation sites is 1. The Kier molecular flexibility index (Phi) is 5.78. The lowest BCUT2D eigenvalue weighted by molar-refractivity contribution is -0.215. The van der Waals surface area contributed by atoms with Crippen molar-refractivity contribution >= 4 is 17.7 Å². The van der Waals surface area contributed by atoms with Crippen molar-refractivity contribution in [3.8, 4) is 0 Å². The van der Waals surface area contributed by atoms with Gasteiger partial charge in [-0.05, 0) is 17.7 Å². The fourth-order valence-electron chi connectivity index (χ4n) is 3.74. The average molecular weight is 396 g/mol. The Morgan fingerprint density at radius 1 is 1.03 bits per heavy atom. The van der Waals surface area contributed by atoms with E-state index < -0.39 is 17.8 Å². The summed E-state index contributed by atoms with van der Waals surface area (Å²) in [6, 6.07) is 18.7. The van der Waals surface area contributed by atoms with Crippen molar-refractivity contribution in [2.24, 2.45) is 5.92 Å². The van der Waals surface area contributed by atoms with Crippen molar-refractivity contribution in [3.63, 3.8) is 0 Å². The normalized spacial score (nSPS) is 20.4. The predicted molar refractivity (Wildman–Crippen MR) is 106 cm³/mol. The molecule has 7 nitrogen and oxygen atoms in total. The summed E-state index contributed by atoms with van der Waals surface area (Å²) in [5.74, 6) is -1.88. The van der Waals surface area contributed by atoms with Crippen LogP contribution in [0.15, 0.2) is 60.7 Å². The number of hydrogen-bond acceptors (Lipinski definition) is 5. The molecule has 0 saturated carbocycles. The van der Waals surface area contributed by atoms with Crippen molar-refractivity contribution in [2.45, 2.75) is 18.8 Å². The van der Waals surface area contributed by atoms with Crippen LogP contribution in [0, 0.1) is 5.92 Å². The number of carbonyl (C=O) groups excluding carboxylic acids is 2. The molecule has 0 aromatic heterocycles. The number of benzene rings is 2. The van der Waals surface area contributed by atoms with Gasteiger partial charge in [-0.2, -0.15) is 0 Å². The van der Waals surface area contributed by atoms with Crippen molar-refractivity contribution in [1.82, 2.24) is 4.90 Å². The Balaban J connectivity index is 1.43. The molecular formula is C22H24N2O5. The number of likely N-dealkylation sites (tertiary alicyclic amines) is 1. The van der Waals surface area contributed by atoms with E-state index in [0.29, 0.717) is 31.9 Å². The molecule has 0 radical (unpaired) electrons. The van der Waals surface area contributed by atoms with Crippen LogP contribution >= 0.6 is 0 Å². The Labute approximate surface area is 169 Å². The molecule has 1 N–H and O–H groups in total. The molecule has 2 saturated heterocycles. The molecule has 0 aliphatic carbocycles. The molecule has 2 aromatic rings. The van der Waals surface area contributed by atoms with Gasteiger partial charge in [0.15, 0.2) is 5.79 Å². The molecule has 0 bridgehead atoms. The number of amides is 2. The molecule has 1 unspecified atom stereocenters. The number of nitrogens with zero attached hydrogens (tertiary/aromatic N) is 1. The van der Waals surface area contributed by atoms with Gasteiger partial charge in [0.25, 0.3) is 0 Å². The monoisotopic (exact) mass is 396 g/mol. The van der Waals surface area contributed by atoms with E-state index in [1.807, 2.05) is 60.7 Å². The van der Waals surface area contributed by atoms with Crippen molar-refractivity contribution in [1.29, 1.82) is 0 Å². The van der Waals surface area contributed by atoms with Crippen LogP contribution in [-0.2, 0) is 25.6 Å². The minimum absolute atomic E-state index is 0.173. The van der Waals surface area contributed by atoms with Crippen molar-refractivity contribution in [3.05, 3.63) is 66.2 Å². The molecule has 1 spiro atoms. The second kappa shape index (κ2) is 8.63. The highest BCUT2D eigenvalue weighted by Gasteiger charge is 2.52. The van der Waals surface area contributed by atoms with Crippen molar-refractivity contribution < 1.29 is 23.8 Å². The van der Waals surface area contributed by atoms with E-state index in [1.165, 1.54) is 0 Å². The van der Waals surface area contributed by atoms with Gasteiger partial charge >= 0.3 is 6.09 Å². The van der Waals surface area contributed by atoms with E-state index in [1.54, 1.807) is 4.90 Å². The lowest BCUT2D eigenvalue weighted by Crippen LogP contribution is -2.58. The maximum atomic E-state index is 13.0. The Morgan fingerprint density at radius 2 is 1.69 bits per heavy atom. The largest absolute Gasteiger partial charge is 0.445 e. The zero-order valence-electron chi connectivity index (χ0n) is 16.1. The van der Waals surface area contributed by atoms with Gasteiger partial charge in [-0.15, -0.1) is 0 Å². The van der Waals surface area contributed by atoms with Crippen LogP contribution in [0.2, 0.25) is 0 Å². The fraction of sp³-hybridized carbons (Fsp3) is 0.364. The van der Waals surface area contributed by atoms with E-state index in [-0.39, 0.29) is 19.1 Å². The summed E-state index contributed by atoms with van der Waals surface area (Å²) in [4.78, 5) is 27.2. The number of anilines is 1. The van der Waals surface area contributed by atoms with Crippen LogP contribution in [0.5, 0.6) is 0 Å². The first kappa shape index (κ1) is 19.4. The fourth-order valence-corrected chi connectivity index (χ4v) is 3.74. The smallest absolute Gasteiger partial charge is 0.410 e. The van der Waals surface area contributed by atoms with Gasteiger partial charge in [0.1, 0.15) is 12.5 Å². The Bertz CT molecular complexity index is 837. The first-order chi connectivity index (χ1) is 14.2. The molecule has 4 rings (SSSR count). The molecule has 2 amide bonds. The summed E-state index contributed by atoms with van der Waals surface area (Å²) >= 11 is 0. The first-order valence-corrected chi connectivity index (χ1v) is 9.76. The van der Waals surface area contributed by atoms with E-state index >= 15 is 0 Å². The summed E-state index contributed by atoms with van der Waals surface area (Å²) in [6.45, 7) is 1.64. The van der Waals surface area contributed by atoms with Crippen LogP contribution in [0.25, 0.3) is 0 Å². The van der Waals surface area contributed by atoms with Crippen LogP contribution in [0.1, 0.15) is 12.0 Å². The summed E-state index contributed by atoms with van der Waals surface area (Å²) in [6.07, 6.45) is -0.0282. The van der Waals surface area contributed by atoms with Crippen LogP contribution < -0.4 is 5.32 Å². The number of piperidine rings is 1. The van der Waals surface area contributed by atoms with Gasteiger partial charge in [-0.1, -0.05) is 48.5 Å². The van der Waals surface area contributed by atoms with Crippen LogP contribution in [0.4, 0.5) is 10.5 Å². The molecule has 7 heteroatoms. The molecule has 152 valence electrons. The minimum Gasteiger partial charge on any atom is -0.445 e. The van der Waals surface area contributed by atoms with Gasteiger partial charge in [0, 0.05) is 25.2 Å². The lowest BCUT2D eigenvalue weighted by atomic mass is 9.89. The summed E-state index contributed by atoms with van der Waals surface area (Å²) in [5.41, 5.74) is 1.60. The number of rotatable bonds is 4. The van der Waals surface area contributed by atoms with Crippen molar-refractivity contribution in [2.75, 3.05) is 31.6 Å². The van der Waals surface area contributed by atoms with E-state index in [4.69, 9.17) is 14.2 Å². The third-order valence-corrected chi connectivity index (χ3v) is 5.26. The van der Waals surface area contributed by atoms with E-state index in [9.17, 15) is 9.59 Å². The maximum Gasteiger partial charge on any atom is 0.410 e. The molecule has 2 aliphatic heterocycles.